The van der Waals surface area contributed by atoms with Gasteiger partial charge < -0.3 is 19.9 Å². The molecule has 0 unspecified atom stereocenters. The molecule has 0 aliphatic carbocycles. The highest BCUT2D eigenvalue weighted by Crippen LogP contribution is 2.31. The molecular formula is C27H31FN4O2. The summed E-state index contributed by atoms with van der Waals surface area (Å²) in [6.45, 7) is 4.29. The Hall–Kier alpha value is -3.45. The van der Waals surface area contributed by atoms with Gasteiger partial charge in [0.2, 0.25) is 5.91 Å². The van der Waals surface area contributed by atoms with Gasteiger partial charge in [-0.2, -0.15) is 0 Å². The number of nitrogens with one attached hydrogen (secondary N) is 1. The maximum Gasteiger partial charge on any atom is 0.225 e. The molecule has 1 amide bonds. The van der Waals surface area contributed by atoms with Crippen molar-refractivity contribution >= 4 is 17.4 Å². The van der Waals surface area contributed by atoms with Gasteiger partial charge >= 0.3 is 0 Å². The largest absolute Gasteiger partial charge is 0.496 e. The van der Waals surface area contributed by atoms with E-state index in [4.69, 9.17) is 4.74 Å². The molecule has 1 N–H and O–H groups in total. The van der Waals surface area contributed by atoms with Crippen molar-refractivity contribution in [2.45, 2.75) is 19.3 Å². The topological polar surface area (TPSA) is 57.7 Å². The lowest BCUT2D eigenvalue weighted by Gasteiger charge is -2.34. The SMILES string of the molecule is COc1cc(F)ccc1-c1ccnc(NC(=O)CCCc2ccc(N3CCN(C)CC3)cc2)c1. The highest BCUT2D eigenvalue weighted by atomic mass is 19.1. The Morgan fingerprint density at radius 1 is 1.06 bits per heavy atom. The molecule has 1 aromatic heterocycles. The van der Waals surface area contributed by atoms with Crippen molar-refractivity contribution in [2.75, 3.05) is 50.6 Å². The molecule has 2 aromatic carbocycles. The highest BCUT2D eigenvalue weighted by Gasteiger charge is 2.14. The van der Waals surface area contributed by atoms with Gasteiger partial charge in [-0.05, 0) is 67.4 Å². The van der Waals surface area contributed by atoms with Crippen molar-refractivity contribution in [3.05, 3.63) is 72.2 Å². The number of amides is 1. The zero-order chi connectivity index (χ0) is 23.9. The van der Waals surface area contributed by atoms with E-state index < -0.39 is 0 Å². The number of hydrogen-bond donors (Lipinski definition) is 1. The number of aryl methyl sites for hydroxylation is 1. The second-order valence-corrected chi connectivity index (χ2v) is 8.63. The van der Waals surface area contributed by atoms with Gasteiger partial charge in [-0.3, -0.25) is 4.79 Å². The summed E-state index contributed by atoms with van der Waals surface area (Å²) < 4.78 is 18.8. The van der Waals surface area contributed by atoms with Gasteiger partial charge in [0.15, 0.2) is 0 Å². The van der Waals surface area contributed by atoms with E-state index in [0.717, 1.165) is 50.1 Å². The minimum Gasteiger partial charge on any atom is -0.496 e. The number of anilines is 2. The maximum atomic E-state index is 13.5. The molecule has 6 nitrogen and oxygen atoms in total. The molecule has 0 spiro atoms. The maximum absolute atomic E-state index is 13.5. The lowest BCUT2D eigenvalue weighted by Crippen LogP contribution is -2.44. The summed E-state index contributed by atoms with van der Waals surface area (Å²) in [5.74, 6) is 0.453. The summed E-state index contributed by atoms with van der Waals surface area (Å²) in [7, 11) is 3.66. The second-order valence-electron chi connectivity index (χ2n) is 8.63. The molecule has 2 heterocycles. The van der Waals surface area contributed by atoms with E-state index in [1.165, 1.54) is 30.5 Å². The van der Waals surface area contributed by atoms with Gasteiger partial charge in [-0.1, -0.05) is 12.1 Å². The van der Waals surface area contributed by atoms with Gasteiger partial charge in [0, 0.05) is 56.1 Å². The summed E-state index contributed by atoms with van der Waals surface area (Å²) in [6.07, 6.45) is 3.63. The zero-order valence-corrected chi connectivity index (χ0v) is 19.8. The number of likely N-dealkylation sites (N-methyl/N-ethyl adjacent to an activating group) is 1. The van der Waals surface area contributed by atoms with Crippen molar-refractivity contribution in [3.8, 4) is 16.9 Å². The summed E-state index contributed by atoms with van der Waals surface area (Å²) in [4.78, 5) is 21.5. The molecule has 178 valence electrons. The first-order valence-electron chi connectivity index (χ1n) is 11.6. The minimum absolute atomic E-state index is 0.0789. The van der Waals surface area contributed by atoms with Crippen LogP contribution in [-0.2, 0) is 11.2 Å². The summed E-state index contributed by atoms with van der Waals surface area (Å²) in [5, 5.41) is 2.87. The fourth-order valence-corrected chi connectivity index (χ4v) is 4.17. The van der Waals surface area contributed by atoms with E-state index in [2.05, 4.69) is 51.4 Å². The Labute approximate surface area is 200 Å². The molecule has 1 saturated heterocycles. The molecule has 7 heteroatoms. The normalized spacial score (nSPS) is 14.1. The second kappa shape index (κ2) is 11.1. The first kappa shape index (κ1) is 23.7. The number of methoxy groups -OCH3 is 1. The summed E-state index contributed by atoms with van der Waals surface area (Å²) in [5.41, 5.74) is 4.02. The van der Waals surface area contributed by atoms with Crippen LogP contribution in [0.25, 0.3) is 11.1 Å². The fraction of sp³-hybridized carbons (Fsp3) is 0.333. The van der Waals surface area contributed by atoms with Gasteiger partial charge in [0.1, 0.15) is 17.4 Å². The standard InChI is InChI=1S/C27H31FN4O2/c1-31-14-16-32(17-15-31)23-9-6-20(7-10-23)4-3-5-27(33)30-26-18-21(12-13-29-26)24-11-8-22(28)19-25(24)34-2/h6-13,18-19H,3-5,14-17H2,1-2H3,(H,29,30,33). The average Bonchev–Trinajstić information content (AvgIpc) is 2.85. The summed E-state index contributed by atoms with van der Waals surface area (Å²) in [6, 6.07) is 16.6. The van der Waals surface area contributed by atoms with Crippen LogP contribution in [0.4, 0.5) is 15.9 Å². The predicted octanol–water partition coefficient (Wildman–Crippen LogP) is 4.61. The Morgan fingerprint density at radius 3 is 2.56 bits per heavy atom. The van der Waals surface area contributed by atoms with Crippen molar-refractivity contribution in [1.29, 1.82) is 0 Å². The molecule has 0 saturated carbocycles. The number of rotatable bonds is 8. The van der Waals surface area contributed by atoms with Crippen molar-refractivity contribution in [3.63, 3.8) is 0 Å². The number of benzene rings is 2. The monoisotopic (exact) mass is 462 g/mol. The van der Waals surface area contributed by atoms with E-state index >= 15 is 0 Å². The van der Waals surface area contributed by atoms with Gasteiger partial charge in [-0.15, -0.1) is 0 Å². The number of hydrogen-bond acceptors (Lipinski definition) is 5. The van der Waals surface area contributed by atoms with Crippen molar-refractivity contribution in [1.82, 2.24) is 9.88 Å². The van der Waals surface area contributed by atoms with Crippen LogP contribution in [0.15, 0.2) is 60.8 Å². The van der Waals surface area contributed by atoms with Crippen LogP contribution in [0.2, 0.25) is 0 Å². The molecule has 1 aliphatic heterocycles. The van der Waals surface area contributed by atoms with Crippen molar-refractivity contribution in [2.24, 2.45) is 0 Å². The fourth-order valence-electron chi connectivity index (χ4n) is 4.17. The Bertz CT molecular complexity index is 1110. The zero-order valence-electron chi connectivity index (χ0n) is 19.8. The van der Waals surface area contributed by atoms with Crippen LogP contribution in [0.1, 0.15) is 18.4 Å². The Balaban J connectivity index is 1.28. The predicted molar refractivity (Wildman–Crippen MR) is 134 cm³/mol. The quantitative estimate of drug-likeness (QED) is 0.530. The van der Waals surface area contributed by atoms with E-state index in [-0.39, 0.29) is 11.7 Å². The number of carbonyl (C=O) groups excluding carboxylic acids is 1. The first-order valence-corrected chi connectivity index (χ1v) is 11.6. The first-order chi connectivity index (χ1) is 16.5. The van der Waals surface area contributed by atoms with E-state index in [0.29, 0.717) is 18.0 Å². The number of piperazine rings is 1. The van der Waals surface area contributed by atoms with Crippen LogP contribution in [-0.4, -0.2) is 56.1 Å². The third kappa shape index (κ3) is 6.11. The molecule has 0 atom stereocenters. The third-order valence-electron chi connectivity index (χ3n) is 6.18. The molecule has 34 heavy (non-hydrogen) atoms. The number of aromatic nitrogens is 1. The van der Waals surface area contributed by atoms with Crippen molar-refractivity contribution < 1.29 is 13.9 Å². The van der Waals surface area contributed by atoms with Crippen LogP contribution < -0.4 is 15.0 Å². The van der Waals surface area contributed by atoms with Gasteiger partial charge in [0.25, 0.3) is 0 Å². The van der Waals surface area contributed by atoms with E-state index in [1.54, 1.807) is 24.4 Å². The number of halogens is 1. The Kier molecular flexibility index (Phi) is 7.75. The number of pyridine rings is 1. The van der Waals surface area contributed by atoms with E-state index in [9.17, 15) is 9.18 Å². The van der Waals surface area contributed by atoms with Gasteiger partial charge in [-0.25, -0.2) is 9.37 Å². The third-order valence-corrected chi connectivity index (χ3v) is 6.18. The number of ether oxygens (including phenoxy) is 1. The van der Waals surface area contributed by atoms with Crippen LogP contribution in [0.5, 0.6) is 5.75 Å². The number of nitrogens with zero attached hydrogens (tertiary/aromatic N) is 3. The summed E-state index contributed by atoms with van der Waals surface area (Å²) >= 11 is 0. The van der Waals surface area contributed by atoms with Crippen LogP contribution in [0.3, 0.4) is 0 Å². The molecule has 1 fully saturated rings. The van der Waals surface area contributed by atoms with Gasteiger partial charge in [0.05, 0.1) is 7.11 Å². The molecule has 0 radical (unpaired) electrons. The molecule has 0 bridgehead atoms. The molecule has 1 aliphatic rings. The lowest BCUT2D eigenvalue weighted by molar-refractivity contribution is -0.116. The minimum atomic E-state index is -0.364. The van der Waals surface area contributed by atoms with E-state index in [1.807, 2.05) is 0 Å². The average molecular weight is 463 g/mol. The molecular weight excluding hydrogens is 431 g/mol. The highest BCUT2D eigenvalue weighted by molar-refractivity contribution is 5.90. The molecule has 3 aromatic rings. The lowest BCUT2D eigenvalue weighted by atomic mass is 10.1. The Morgan fingerprint density at radius 2 is 1.82 bits per heavy atom. The van der Waals surface area contributed by atoms with Crippen LogP contribution >= 0.6 is 0 Å². The van der Waals surface area contributed by atoms with Crippen LogP contribution in [0, 0.1) is 5.82 Å². The number of carbonyl (C=O) groups is 1. The smallest absolute Gasteiger partial charge is 0.225 e. The molecule has 4 rings (SSSR count).